The zero-order valence-electron chi connectivity index (χ0n) is 21.2. The highest BCUT2D eigenvalue weighted by atomic mass is 16.5. The molecule has 2 amide bonds. The van der Waals surface area contributed by atoms with E-state index in [4.69, 9.17) is 4.74 Å². The fourth-order valence-corrected chi connectivity index (χ4v) is 5.72. The maximum atomic E-state index is 13.2. The molecule has 0 radical (unpaired) electrons. The monoisotopic (exact) mass is 483 g/mol. The molecule has 0 aromatic heterocycles. The average molecular weight is 484 g/mol. The summed E-state index contributed by atoms with van der Waals surface area (Å²) in [5.74, 6) is 1.88. The van der Waals surface area contributed by atoms with Gasteiger partial charge in [-0.2, -0.15) is 0 Å². The van der Waals surface area contributed by atoms with Crippen LogP contribution < -0.4 is 10.1 Å². The first-order valence-corrected chi connectivity index (χ1v) is 13.2. The van der Waals surface area contributed by atoms with E-state index in [1.165, 1.54) is 49.0 Å². The molecular formula is C31H37N3O2. The number of carbonyl (C=O) groups is 1. The molecule has 1 N–H and O–H groups in total. The third-order valence-corrected chi connectivity index (χ3v) is 7.77. The number of nitrogens with zero attached hydrogens (tertiary/aromatic N) is 2. The summed E-state index contributed by atoms with van der Waals surface area (Å²) in [4.78, 5) is 17.8. The molecule has 0 spiro atoms. The molecule has 1 saturated heterocycles. The van der Waals surface area contributed by atoms with Gasteiger partial charge in [0, 0.05) is 30.8 Å². The molecule has 5 rings (SSSR count). The number of methoxy groups -OCH3 is 1. The van der Waals surface area contributed by atoms with E-state index < -0.39 is 0 Å². The Bertz CT molecular complexity index is 1140. The van der Waals surface area contributed by atoms with E-state index >= 15 is 0 Å². The SMILES string of the molecule is COc1cccc(NC(=O)N2Cc3ccccc3C(CCN3CCC(Cc4ccccc4)CC3)C2)c1. The highest BCUT2D eigenvalue weighted by Gasteiger charge is 2.29. The maximum Gasteiger partial charge on any atom is 0.322 e. The first kappa shape index (κ1) is 24.4. The van der Waals surface area contributed by atoms with Gasteiger partial charge in [0.2, 0.25) is 0 Å². The third kappa shape index (κ3) is 6.08. The van der Waals surface area contributed by atoms with Crippen LogP contribution in [0.15, 0.2) is 78.9 Å². The van der Waals surface area contributed by atoms with Crippen molar-refractivity contribution in [1.29, 1.82) is 0 Å². The second-order valence-electron chi connectivity index (χ2n) is 10.2. The quantitative estimate of drug-likeness (QED) is 0.437. The second-order valence-corrected chi connectivity index (χ2v) is 10.2. The van der Waals surface area contributed by atoms with E-state index in [1.54, 1.807) is 7.11 Å². The van der Waals surface area contributed by atoms with E-state index in [1.807, 2.05) is 29.2 Å². The molecule has 5 nitrogen and oxygen atoms in total. The molecule has 2 aliphatic rings. The van der Waals surface area contributed by atoms with Crippen molar-refractivity contribution >= 4 is 11.7 Å². The minimum atomic E-state index is -0.0514. The summed E-state index contributed by atoms with van der Waals surface area (Å²) in [7, 11) is 1.64. The maximum absolute atomic E-state index is 13.2. The zero-order valence-corrected chi connectivity index (χ0v) is 21.2. The second kappa shape index (κ2) is 11.6. The number of rotatable bonds is 7. The van der Waals surface area contributed by atoms with E-state index in [2.05, 4.69) is 64.8 Å². The number of anilines is 1. The molecule has 1 fully saturated rings. The lowest BCUT2D eigenvalue weighted by atomic mass is 9.86. The largest absolute Gasteiger partial charge is 0.497 e. The lowest BCUT2D eigenvalue weighted by Crippen LogP contribution is -2.42. The average Bonchev–Trinajstić information content (AvgIpc) is 2.93. The van der Waals surface area contributed by atoms with Crippen molar-refractivity contribution in [1.82, 2.24) is 9.80 Å². The van der Waals surface area contributed by atoms with E-state index in [0.29, 0.717) is 12.5 Å². The molecule has 1 unspecified atom stereocenters. The van der Waals surface area contributed by atoms with Gasteiger partial charge in [0.05, 0.1) is 7.11 Å². The van der Waals surface area contributed by atoms with Gasteiger partial charge in [-0.3, -0.25) is 0 Å². The van der Waals surface area contributed by atoms with E-state index in [9.17, 15) is 4.79 Å². The number of piperidine rings is 1. The first-order valence-electron chi connectivity index (χ1n) is 13.2. The van der Waals surface area contributed by atoms with Crippen molar-refractivity contribution in [3.8, 4) is 5.75 Å². The van der Waals surface area contributed by atoms with Crippen LogP contribution in [0.2, 0.25) is 0 Å². The summed E-state index contributed by atoms with van der Waals surface area (Å²) in [6.45, 7) is 4.82. The van der Waals surface area contributed by atoms with Gasteiger partial charge in [0.25, 0.3) is 0 Å². The molecule has 0 aliphatic carbocycles. The van der Waals surface area contributed by atoms with Gasteiger partial charge in [0.1, 0.15) is 5.75 Å². The Labute approximate surface area is 215 Å². The zero-order chi connectivity index (χ0) is 24.7. The number of hydrogen-bond donors (Lipinski definition) is 1. The van der Waals surface area contributed by atoms with Crippen molar-refractivity contribution in [2.45, 2.75) is 38.1 Å². The lowest BCUT2D eigenvalue weighted by Gasteiger charge is -2.37. The van der Waals surface area contributed by atoms with Crippen LogP contribution in [0.3, 0.4) is 0 Å². The van der Waals surface area contributed by atoms with Gasteiger partial charge in [-0.05, 0) is 80.1 Å². The number of hydrogen-bond acceptors (Lipinski definition) is 3. The summed E-state index contributed by atoms with van der Waals surface area (Å²) in [5.41, 5.74) is 4.88. The Morgan fingerprint density at radius 2 is 1.75 bits per heavy atom. The fraction of sp³-hybridized carbons (Fsp3) is 0.387. The van der Waals surface area contributed by atoms with E-state index in [0.717, 1.165) is 36.9 Å². The topological polar surface area (TPSA) is 44.8 Å². The highest BCUT2D eigenvalue weighted by Crippen LogP contribution is 2.32. The molecule has 0 bridgehead atoms. The molecule has 3 aromatic rings. The Hall–Kier alpha value is -3.31. The number of amides is 2. The summed E-state index contributed by atoms with van der Waals surface area (Å²) in [6.07, 6.45) is 4.81. The van der Waals surface area contributed by atoms with Gasteiger partial charge >= 0.3 is 6.03 Å². The Morgan fingerprint density at radius 1 is 0.972 bits per heavy atom. The molecule has 36 heavy (non-hydrogen) atoms. The first-order chi connectivity index (χ1) is 17.7. The molecule has 2 heterocycles. The van der Waals surface area contributed by atoms with Gasteiger partial charge in [-0.1, -0.05) is 60.7 Å². The fourth-order valence-electron chi connectivity index (χ4n) is 5.72. The molecule has 188 valence electrons. The number of fused-ring (bicyclic) bond motifs is 1. The molecule has 2 aliphatic heterocycles. The van der Waals surface area contributed by atoms with Crippen LogP contribution in [-0.4, -0.2) is 49.1 Å². The predicted molar refractivity (Wildman–Crippen MR) is 146 cm³/mol. The minimum absolute atomic E-state index is 0.0514. The molecule has 0 saturated carbocycles. The van der Waals surface area contributed by atoms with Crippen molar-refractivity contribution in [2.75, 3.05) is 38.6 Å². The lowest BCUT2D eigenvalue weighted by molar-refractivity contribution is 0.168. The Kier molecular flexibility index (Phi) is 7.87. The Balaban J connectivity index is 1.17. The standard InChI is InChI=1S/C31H37N3O2/c1-36-29-12-7-11-28(21-29)32-31(35)34-22-26-10-5-6-13-30(26)27(23-34)16-19-33-17-14-25(15-18-33)20-24-8-3-2-4-9-24/h2-13,21,25,27H,14-20,22-23H2,1H3,(H,32,35). The highest BCUT2D eigenvalue weighted by molar-refractivity contribution is 5.89. The van der Waals surface area contributed by atoms with Crippen molar-refractivity contribution in [2.24, 2.45) is 5.92 Å². The number of carbonyl (C=O) groups excluding carboxylic acids is 1. The minimum Gasteiger partial charge on any atom is -0.497 e. The van der Waals surface area contributed by atoms with Gasteiger partial charge in [-0.15, -0.1) is 0 Å². The van der Waals surface area contributed by atoms with E-state index in [-0.39, 0.29) is 6.03 Å². The van der Waals surface area contributed by atoms with Gasteiger partial charge < -0.3 is 19.9 Å². The molecular weight excluding hydrogens is 446 g/mol. The van der Waals surface area contributed by atoms with Crippen LogP contribution in [-0.2, 0) is 13.0 Å². The van der Waals surface area contributed by atoms with Crippen LogP contribution in [0.25, 0.3) is 0 Å². The Morgan fingerprint density at radius 3 is 2.56 bits per heavy atom. The third-order valence-electron chi connectivity index (χ3n) is 7.77. The van der Waals surface area contributed by atoms with Gasteiger partial charge in [-0.25, -0.2) is 4.79 Å². The van der Waals surface area contributed by atoms with Gasteiger partial charge in [0.15, 0.2) is 0 Å². The molecule has 1 atom stereocenters. The van der Waals surface area contributed by atoms with Crippen molar-refractivity contribution in [3.63, 3.8) is 0 Å². The summed E-state index contributed by atoms with van der Waals surface area (Å²) in [6, 6.07) is 27.0. The number of ether oxygens (including phenoxy) is 1. The number of benzene rings is 3. The molecule has 5 heteroatoms. The smallest absolute Gasteiger partial charge is 0.322 e. The van der Waals surface area contributed by atoms with Crippen LogP contribution >= 0.6 is 0 Å². The molecule has 3 aromatic carbocycles. The summed E-state index contributed by atoms with van der Waals surface area (Å²) in [5, 5.41) is 3.06. The van der Waals surface area contributed by atoms with Crippen LogP contribution in [0.5, 0.6) is 5.75 Å². The van der Waals surface area contributed by atoms with Crippen LogP contribution in [0.1, 0.15) is 41.9 Å². The summed E-state index contributed by atoms with van der Waals surface area (Å²) < 4.78 is 5.30. The number of nitrogens with one attached hydrogen (secondary N) is 1. The van der Waals surface area contributed by atoms with Crippen molar-refractivity contribution < 1.29 is 9.53 Å². The number of urea groups is 1. The van der Waals surface area contributed by atoms with Crippen LogP contribution in [0, 0.1) is 5.92 Å². The number of likely N-dealkylation sites (tertiary alicyclic amines) is 1. The van der Waals surface area contributed by atoms with Crippen molar-refractivity contribution in [3.05, 3.63) is 95.6 Å². The van der Waals surface area contributed by atoms with Crippen LogP contribution in [0.4, 0.5) is 10.5 Å². The normalized spacial score (nSPS) is 18.5. The predicted octanol–water partition coefficient (Wildman–Crippen LogP) is 6.17. The summed E-state index contributed by atoms with van der Waals surface area (Å²) >= 11 is 0.